The highest BCUT2D eigenvalue weighted by Gasteiger charge is 2.11. The molecule has 0 heterocycles. The number of rotatable bonds is 8. The third-order valence-electron chi connectivity index (χ3n) is 4.06. The van der Waals surface area contributed by atoms with Crippen LogP contribution in [0.15, 0.2) is 78.9 Å². The molecule has 0 aliphatic carbocycles. The second-order valence-corrected chi connectivity index (χ2v) is 6.03. The van der Waals surface area contributed by atoms with Crippen LogP contribution in [0.3, 0.4) is 0 Å². The molecule has 0 saturated heterocycles. The number of hydrogen-bond donors (Lipinski definition) is 1. The van der Waals surface area contributed by atoms with Crippen LogP contribution in [-0.2, 0) is 13.2 Å². The van der Waals surface area contributed by atoms with Crippen molar-refractivity contribution in [3.8, 4) is 11.5 Å². The molecule has 0 saturated carbocycles. The predicted molar refractivity (Wildman–Crippen MR) is 106 cm³/mol. The molecule has 27 heavy (non-hydrogen) atoms. The van der Waals surface area contributed by atoms with Crippen LogP contribution >= 0.6 is 0 Å². The Morgan fingerprint density at radius 1 is 0.889 bits per heavy atom. The van der Waals surface area contributed by atoms with Gasteiger partial charge in [0.05, 0.1) is 6.61 Å². The summed E-state index contributed by atoms with van der Waals surface area (Å²) in [5.74, 6) is 1.38. The number of amides is 1. The van der Waals surface area contributed by atoms with Gasteiger partial charge in [-0.3, -0.25) is 4.79 Å². The second-order valence-electron chi connectivity index (χ2n) is 6.03. The van der Waals surface area contributed by atoms with E-state index in [2.05, 4.69) is 5.32 Å². The maximum Gasteiger partial charge on any atom is 0.251 e. The molecule has 3 rings (SSSR count). The van der Waals surface area contributed by atoms with Gasteiger partial charge >= 0.3 is 0 Å². The minimum Gasteiger partial charge on any atom is -0.493 e. The van der Waals surface area contributed by atoms with Crippen LogP contribution in [0.5, 0.6) is 11.5 Å². The van der Waals surface area contributed by atoms with Gasteiger partial charge in [-0.1, -0.05) is 48.5 Å². The molecule has 4 nitrogen and oxygen atoms in total. The van der Waals surface area contributed by atoms with Crippen LogP contribution in [0.1, 0.15) is 28.4 Å². The first-order valence-corrected chi connectivity index (χ1v) is 9.02. The Morgan fingerprint density at radius 3 is 2.30 bits per heavy atom. The molecule has 0 bridgehead atoms. The van der Waals surface area contributed by atoms with Gasteiger partial charge in [-0.25, -0.2) is 0 Å². The van der Waals surface area contributed by atoms with E-state index in [9.17, 15) is 4.79 Å². The largest absolute Gasteiger partial charge is 0.493 e. The average molecular weight is 361 g/mol. The molecule has 0 atom stereocenters. The van der Waals surface area contributed by atoms with E-state index in [1.165, 1.54) is 0 Å². The number of hydrogen-bond acceptors (Lipinski definition) is 3. The summed E-state index contributed by atoms with van der Waals surface area (Å²) in [6.07, 6.45) is 0. The molecule has 3 aromatic rings. The molecule has 1 amide bonds. The first-order valence-electron chi connectivity index (χ1n) is 9.02. The smallest absolute Gasteiger partial charge is 0.251 e. The lowest BCUT2D eigenvalue weighted by Crippen LogP contribution is -2.23. The Bertz CT molecular complexity index is 863. The van der Waals surface area contributed by atoms with Crippen LogP contribution in [0.2, 0.25) is 0 Å². The van der Waals surface area contributed by atoms with E-state index in [1.54, 1.807) is 6.07 Å². The number of benzene rings is 3. The molecule has 0 fully saturated rings. The third kappa shape index (κ3) is 5.35. The van der Waals surface area contributed by atoms with Crippen molar-refractivity contribution < 1.29 is 14.3 Å². The number of para-hydroxylation sites is 1. The molecule has 0 aromatic heterocycles. The zero-order valence-corrected chi connectivity index (χ0v) is 15.4. The Morgan fingerprint density at radius 2 is 1.59 bits per heavy atom. The van der Waals surface area contributed by atoms with Crippen molar-refractivity contribution in [1.29, 1.82) is 0 Å². The van der Waals surface area contributed by atoms with E-state index in [0.717, 1.165) is 22.6 Å². The zero-order chi connectivity index (χ0) is 18.9. The molecule has 138 valence electrons. The summed E-state index contributed by atoms with van der Waals surface area (Å²) in [4.78, 5) is 12.5. The fourth-order valence-electron chi connectivity index (χ4n) is 2.69. The van der Waals surface area contributed by atoms with Gasteiger partial charge in [-0.15, -0.1) is 0 Å². The van der Waals surface area contributed by atoms with Crippen molar-refractivity contribution in [3.05, 3.63) is 95.6 Å². The van der Waals surface area contributed by atoms with E-state index in [1.807, 2.05) is 79.7 Å². The first kappa shape index (κ1) is 18.5. The molecule has 0 radical (unpaired) electrons. The van der Waals surface area contributed by atoms with Gasteiger partial charge in [0.15, 0.2) is 0 Å². The topological polar surface area (TPSA) is 47.6 Å². The van der Waals surface area contributed by atoms with E-state index >= 15 is 0 Å². The van der Waals surface area contributed by atoms with Gasteiger partial charge in [0.2, 0.25) is 0 Å². The van der Waals surface area contributed by atoms with Gasteiger partial charge in [0.1, 0.15) is 18.1 Å². The summed E-state index contributed by atoms with van der Waals surface area (Å²) < 4.78 is 11.5. The van der Waals surface area contributed by atoms with Crippen molar-refractivity contribution in [2.24, 2.45) is 0 Å². The summed E-state index contributed by atoms with van der Waals surface area (Å²) in [6, 6.07) is 24.8. The lowest BCUT2D eigenvalue weighted by Gasteiger charge is -2.13. The van der Waals surface area contributed by atoms with Crippen LogP contribution in [0.25, 0.3) is 0 Å². The summed E-state index contributed by atoms with van der Waals surface area (Å²) in [5.41, 5.74) is 2.48. The quantitative estimate of drug-likeness (QED) is 0.638. The molecule has 1 N–H and O–H groups in total. The Balaban J connectivity index is 1.70. The maximum atomic E-state index is 12.5. The van der Waals surface area contributed by atoms with Crippen molar-refractivity contribution in [2.75, 3.05) is 6.61 Å². The van der Waals surface area contributed by atoms with E-state index < -0.39 is 0 Å². The van der Waals surface area contributed by atoms with Gasteiger partial charge < -0.3 is 14.8 Å². The summed E-state index contributed by atoms with van der Waals surface area (Å²) in [5, 5.41) is 2.95. The summed E-state index contributed by atoms with van der Waals surface area (Å²) >= 11 is 0. The number of ether oxygens (including phenoxy) is 2. The van der Waals surface area contributed by atoms with Crippen molar-refractivity contribution >= 4 is 5.91 Å². The summed E-state index contributed by atoms with van der Waals surface area (Å²) in [7, 11) is 0. The molecule has 0 unspecified atom stereocenters. The van der Waals surface area contributed by atoms with Gasteiger partial charge in [0.25, 0.3) is 5.91 Å². The predicted octanol–water partition coefficient (Wildman–Crippen LogP) is 4.59. The normalized spacial score (nSPS) is 10.3. The second kappa shape index (κ2) is 9.43. The highest BCUT2D eigenvalue weighted by molar-refractivity contribution is 5.94. The van der Waals surface area contributed by atoms with Crippen LogP contribution in [0.4, 0.5) is 0 Å². The van der Waals surface area contributed by atoms with Crippen molar-refractivity contribution in [3.63, 3.8) is 0 Å². The lowest BCUT2D eigenvalue weighted by atomic mass is 10.1. The molecular formula is C23H23NO3. The fraction of sp³-hybridized carbons (Fsp3) is 0.174. The molecule has 0 spiro atoms. The van der Waals surface area contributed by atoms with E-state index in [4.69, 9.17) is 9.47 Å². The minimum absolute atomic E-state index is 0.122. The minimum atomic E-state index is -0.122. The van der Waals surface area contributed by atoms with Crippen LogP contribution in [-0.4, -0.2) is 12.5 Å². The van der Waals surface area contributed by atoms with E-state index in [-0.39, 0.29) is 5.91 Å². The maximum absolute atomic E-state index is 12.5. The summed E-state index contributed by atoms with van der Waals surface area (Å²) in [6.45, 7) is 3.31. The van der Waals surface area contributed by atoms with Crippen LogP contribution < -0.4 is 14.8 Å². The SMILES string of the molecule is CCOc1ccc(C(=O)NCc2ccccc2)cc1COc1ccccc1. The Kier molecular flexibility index (Phi) is 6.47. The number of carbonyl (C=O) groups excluding carboxylic acids is 1. The number of nitrogens with one attached hydrogen (secondary N) is 1. The lowest BCUT2D eigenvalue weighted by molar-refractivity contribution is 0.0950. The third-order valence-corrected chi connectivity index (χ3v) is 4.06. The molecule has 0 aliphatic heterocycles. The molecule has 0 aliphatic rings. The van der Waals surface area contributed by atoms with Crippen molar-refractivity contribution in [2.45, 2.75) is 20.1 Å². The monoisotopic (exact) mass is 361 g/mol. The highest BCUT2D eigenvalue weighted by atomic mass is 16.5. The first-order chi connectivity index (χ1) is 13.3. The zero-order valence-electron chi connectivity index (χ0n) is 15.4. The molecule has 3 aromatic carbocycles. The number of carbonyl (C=O) groups is 1. The average Bonchev–Trinajstić information content (AvgIpc) is 2.73. The van der Waals surface area contributed by atoms with Crippen molar-refractivity contribution in [1.82, 2.24) is 5.32 Å². The van der Waals surface area contributed by atoms with Gasteiger partial charge in [-0.2, -0.15) is 0 Å². The Labute approximate surface area is 159 Å². The fourth-order valence-corrected chi connectivity index (χ4v) is 2.69. The standard InChI is InChI=1S/C23H23NO3/c1-2-26-22-14-13-19(23(25)24-16-18-9-5-3-6-10-18)15-20(22)17-27-21-11-7-4-8-12-21/h3-15H,2,16-17H2,1H3,(H,24,25). The van der Waals surface area contributed by atoms with Gasteiger partial charge in [-0.05, 0) is 42.8 Å². The van der Waals surface area contributed by atoms with Crippen LogP contribution in [0, 0.1) is 0 Å². The molecule has 4 heteroatoms. The Hall–Kier alpha value is -3.27. The highest BCUT2D eigenvalue weighted by Crippen LogP contribution is 2.23. The van der Waals surface area contributed by atoms with Gasteiger partial charge in [0, 0.05) is 17.7 Å². The molecular weight excluding hydrogens is 338 g/mol. The van der Waals surface area contributed by atoms with E-state index in [0.29, 0.717) is 25.3 Å².